The molecule has 59 heavy (non-hydrogen) atoms. The predicted molar refractivity (Wildman–Crippen MR) is 246 cm³/mol. The molecule has 0 bridgehead atoms. The van der Waals surface area contributed by atoms with Crippen LogP contribution in [0, 0.1) is 0 Å². The third-order valence-corrected chi connectivity index (χ3v) is 12.1. The number of benzene rings is 8. The van der Waals surface area contributed by atoms with Gasteiger partial charge in [0.15, 0.2) is 17.5 Å². The highest BCUT2D eigenvalue weighted by Crippen LogP contribution is 2.43. The van der Waals surface area contributed by atoms with Gasteiger partial charge in [-0.15, -0.1) is 11.3 Å². The average molecular weight is 771 g/mol. The highest BCUT2D eigenvalue weighted by molar-refractivity contribution is 7.26. The van der Waals surface area contributed by atoms with Gasteiger partial charge in [-0.2, -0.15) is 0 Å². The Bertz CT molecular complexity index is 3270. The Morgan fingerprint density at radius 1 is 0.288 bits per heavy atom. The third kappa shape index (κ3) is 6.54. The fraction of sp³-hybridized carbons (Fsp3) is 0. The number of nitrogens with zero attached hydrogens (tertiary/aromatic N) is 4. The molecule has 0 saturated carbocycles. The molecule has 276 valence electrons. The standard InChI is InChI=1S/C54H34N4S/c1-4-12-35(13-5-1)37-22-28-42(29-23-37)53-56-52(41-16-8-3-9-17-41)57-54(58-53)43-30-24-39(25-31-43)38-20-26-40(27-21-38)50-51-49(46-18-10-11-19-48(46)59-51)45-33-32-44(34-47(45)55-50)36-14-6-2-7-15-36/h1-34H. The van der Waals surface area contributed by atoms with E-state index in [1.807, 2.05) is 47.7 Å². The zero-order valence-electron chi connectivity index (χ0n) is 31.8. The van der Waals surface area contributed by atoms with E-state index in [1.165, 1.54) is 36.7 Å². The van der Waals surface area contributed by atoms with Crippen LogP contribution in [0.2, 0.25) is 0 Å². The van der Waals surface area contributed by atoms with Crippen molar-refractivity contribution < 1.29 is 0 Å². The molecule has 5 heteroatoms. The van der Waals surface area contributed by atoms with Crippen molar-refractivity contribution in [2.45, 2.75) is 0 Å². The second-order valence-electron chi connectivity index (χ2n) is 14.6. The van der Waals surface area contributed by atoms with E-state index in [1.54, 1.807) is 0 Å². The molecule has 0 radical (unpaired) electrons. The van der Waals surface area contributed by atoms with Gasteiger partial charge in [0, 0.05) is 43.1 Å². The lowest BCUT2D eigenvalue weighted by molar-refractivity contribution is 1.07. The largest absolute Gasteiger partial charge is 0.246 e. The van der Waals surface area contributed by atoms with Crippen LogP contribution in [0.5, 0.6) is 0 Å². The average Bonchev–Trinajstić information content (AvgIpc) is 3.72. The maximum Gasteiger partial charge on any atom is 0.164 e. The van der Waals surface area contributed by atoms with E-state index in [2.05, 4.69) is 170 Å². The summed E-state index contributed by atoms with van der Waals surface area (Å²) in [5.41, 5.74) is 12.8. The molecule has 0 atom stereocenters. The molecule has 3 aromatic heterocycles. The molecule has 0 saturated heterocycles. The Balaban J connectivity index is 0.940. The summed E-state index contributed by atoms with van der Waals surface area (Å²) in [6.07, 6.45) is 0. The molecule has 0 aliphatic carbocycles. The Morgan fingerprint density at radius 2 is 0.678 bits per heavy atom. The normalized spacial score (nSPS) is 11.4. The van der Waals surface area contributed by atoms with E-state index in [4.69, 9.17) is 19.9 Å². The van der Waals surface area contributed by atoms with Gasteiger partial charge in [-0.25, -0.2) is 19.9 Å². The van der Waals surface area contributed by atoms with Gasteiger partial charge < -0.3 is 0 Å². The van der Waals surface area contributed by atoms with Crippen LogP contribution in [0.3, 0.4) is 0 Å². The van der Waals surface area contributed by atoms with Gasteiger partial charge in [0.25, 0.3) is 0 Å². The van der Waals surface area contributed by atoms with Crippen molar-refractivity contribution in [3.8, 4) is 78.8 Å². The van der Waals surface area contributed by atoms with Crippen molar-refractivity contribution in [3.63, 3.8) is 0 Å². The van der Waals surface area contributed by atoms with Crippen molar-refractivity contribution in [2.75, 3.05) is 0 Å². The van der Waals surface area contributed by atoms with Crippen LogP contribution in [-0.4, -0.2) is 19.9 Å². The Kier molecular flexibility index (Phi) is 8.64. The molecule has 0 aliphatic heterocycles. The first-order chi connectivity index (χ1) is 29.2. The summed E-state index contributed by atoms with van der Waals surface area (Å²) in [7, 11) is 0. The number of fused-ring (bicyclic) bond motifs is 5. The predicted octanol–water partition coefficient (Wildman–Crippen LogP) is 14.5. The summed E-state index contributed by atoms with van der Waals surface area (Å²) in [4.78, 5) is 20.3. The fourth-order valence-corrected chi connectivity index (χ4v) is 9.15. The topological polar surface area (TPSA) is 51.6 Å². The second-order valence-corrected chi connectivity index (χ2v) is 15.7. The molecular weight excluding hydrogens is 737 g/mol. The van der Waals surface area contributed by atoms with Crippen LogP contribution in [0.1, 0.15) is 0 Å². The van der Waals surface area contributed by atoms with Crippen LogP contribution < -0.4 is 0 Å². The minimum Gasteiger partial charge on any atom is -0.246 e. The van der Waals surface area contributed by atoms with Crippen molar-refractivity contribution in [1.29, 1.82) is 0 Å². The molecule has 11 rings (SSSR count). The van der Waals surface area contributed by atoms with Crippen LogP contribution in [0.4, 0.5) is 0 Å². The van der Waals surface area contributed by atoms with Gasteiger partial charge >= 0.3 is 0 Å². The summed E-state index contributed by atoms with van der Waals surface area (Å²) < 4.78 is 2.48. The Hall–Kier alpha value is -7.60. The highest BCUT2D eigenvalue weighted by Gasteiger charge is 2.18. The van der Waals surface area contributed by atoms with E-state index < -0.39 is 0 Å². The number of thiophene rings is 1. The monoisotopic (exact) mass is 770 g/mol. The summed E-state index contributed by atoms with van der Waals surface area (Å²) in [6, 6.07) is 72.1. The zero-order valence-corrected chi connectivity index (χ0v) is 32.6. The van der Waals surface area contributed by atoms with Crippen molar-refractivity contribution in [3.05, 3.63) is 206 Å². The van der Waals surface area contributed by atoms with Crippen LogP contribution >= 0.6 is 11.3 Å². The van der Waals surface area contributed by atoms with Crippen LogP contribution in [0.25, 0.3) is 110 Å². The highest BCUT2D eigenvalue weighted by atomic mass is 32.1. The number of hydrogen-bond donors (Lipinski definition) is 0. The summed E-state index contributed by atoms with van der Waals surface area (Å²) in [6.45, 7) is 0. The molecule has 11 aromatic rings. The van der Waals surface area contributed by atoms with Gasteiger partial charge in [-0.1, -0.05) is 194 Å². The molecule has 0 fully saturated rings. The molecule has 0 spiro atoms. The molecule has 3 heterocycles. The van der Waals surface area contributed by atoms with Crippen LogP contribution in [0.15, 0.2) is 206 Å². The Morgan fingerprint density at radius 3 is 1.22 bits per heavy atom. The molecule has 0 amide bonds. The quantitative estimate of drug-likeness (QED) is 0.162. The van der Waals surface area contributed by atoms with Gasteiger partial charge in [0.1, 0.15) is 0 Å². The number of pyridine rings is 1. The maximum absolute atomic E-state index is 5.37. The first kappa shape index (κ1) is 34.6. The smallest absolute Gasteiger partial charge is 0.164 e. The first-order valence-corrected chi connectivity index (χ1v) is 20.5. The van der Waals surface area contributed by atoms with Gasteiger partial charge in [-0.3, -0.25) is 0 Å². The van der Waals surface area contributed by atoms with Crippen molar-refractivity contribution >= 4 is 42.4 Å². The minimum absolute atomic E-state index is 0.632. The molecule has 0 aliphatic rings. The molecule has 8 aromatic carbocycles. The lowest BCUT2D eigenvalue weighted by atomic mass is 9.98. The molecule has 4 nitrogen and oxygen atoms in total. The van der Waals surface area contributed by atoms with Crippen LogP contribution in [-0.2, 0) is 0 Å². The maximum atomic E-state index is 5.37. The van der Waals surface area contributed by atoms with Gasteiger partial charge in [0.2, 0.25) is 0 Å². The van der Waals surface area contributed by atoms with E-state index in [-0.39, 0.29) is 0 Å². The minimum atomic E-state index is 0.632. The summed E-state index contributed by atoms with van der Waals surface area (Å²) in [5, 5.41) is 3.72. The first-order valence-electron chi connectivity index (χ1n) is 19.7. The van der Waals surface area contributed by atoms with E-state index in [0.717, 1.165) is 55.7 Å². The SMILES string of the molecule is c1ccc(-c2ccc(-c3nc(-c4ccccc4)nc(-c4ccc(-c5ccc(-c6nc7cc(-c8ccccc8)ccc7c7c6sc6ccccc67)cc5)cc4)n3)cc2)cc1. The van der Waals surface area contributed by atoms with E-state index in [9.17, 15) is 0 Å². The van der Waals surface area contributed by atoms with E-state index >= 15 is 0 Å². The lowest BCUT2D eigenvalue weighted by Gasteiger charge is -2.11. The van der Waals surface area contributed by atoms with E-state index in [0.29, 0.717) is 17.5 Å². The summed E-state index contributed by atoms with van der Waals surface area (Å²) >= 11 is 1.82. The van der Waals surface area contributed by atoms with Crippen molar-refractivity contribution in [1.82, 2.24) is 19.9 Å². The Labute approximate surface area is 345 Å². The van der Waals surface area contributed by atoms with Crippen molar-refractivity contribution in [2.24, 2.45) is 0 Å². The van der Waals surface area contributed by atoms with Gasteiger partial charge in [0.05, 0.1) is 15.9 Å². The molecule has 0 unspecified atom stereocenters. The fourth-order valence-electron chi connectivity index (χ4n) is 7.92. The third-order valence-electron chi connectivity index (χ3n) is 11.0. The lowest BCUT2D eigenvalue weighted by Crippen LogP contribution is -2.00. The number of hydrogen-bond acceptors (Lipinski definition) is 5. The summed E-state index contributed by atoms with van der Waals surface area (Å²) in [5.74, 6) is 1.91. The number of aromatic nitrogens is 4. The molecular formula is C54H34N4S. The molecule has 0 N–H and O–H groups in total. The second kappa shape index (κ2) is 14.7. The number of rotatable bonds is 7. The zero-order chi connectivity index (χ0) is 39.1. The van der Waals surface area contributed by atoms with Gasteiger partial charge in [-0.05, 0) is 45.5 Å².